The minimum Gasteiger partial charge on any atom is -0.380 e. The number of nitrogens with one attached hydrogen (secondary N) is 2. The zero-order chi connectivity index (χ0) is 17.8. The standard InChI is InChI=1S/C12H18N4O8S/c17-10(14-23-7-2-13-3-7)8-1-12(5-22-6-12)9-4-15(8)11(18)16(9)24-25(19,20)21/h7-9,13H,1-6H2,(H,14,17)(H,19,20,21). The molecule has 0 aromatic rings. The molecule has 4 fully saturated rings. The van der Waals surface area contributed by atoms with Crippen molar-refractivity contribution in [3.63, 3.8) is 0 Å². The summed E-state index contributed by atoms with van der Waals surface area (Å²) in [5.41, 5.74) is 1.76. The van der Waals surface area contributed by atoms with E-state index >= 15 is 0 Å². The van der Waals surface area contributed by atoms with Gasteiger partial charge in [0.25, 0.3) is 5.91 Å². The van der Waals surface area contributed by atoms with Gasteiger partial charge in [0, 0.05) is 25.0 Å². The second-order valence-electron chi connectivity index (χ2n) is 6.72. The molecule has 2 atom stereocenters. The van der Waals surface area contributed by atoms with Crippen LogP contribution >= 0.6 is 0 Å². The van der Waals surface area contributed by atoms with Gasteiger partial charge in [0.1, 0.15) is 12.1 Å². The van der Waals surface area contributed by atoms with E-state index in [-0.39, 0.29) is 32.3 Å². The lowest BCUT2D eigenvalue weighted by Crippen LogP contribution is -2.63. The first-order chi connectivity index (χ1) is 11.8. The molecule has 0 aromatic heterocycles. The molecule has 12 nitrogen and oxygen atoms in total. The van der Waals surface area contributed by atoms with E-state index in [0.717, 1.165) is 0 Å². The molecule has 2 unspecified atom stereocenters. The van der Waals surface area contributed by atoms with E-state index in [1.54, 1.807) is 0 Å². The number of hydroxylamine groups is 3. The highest BCUT2D eigenvalue weighted by Gasteiger charge is 2.63. The molecule has 0 radical (unpaired) electrons. The van der Waals surface area contributed by atoms with Crippen molar-refractivity contribution in [1.29, 1.82) is 0 Å². The quantitative estimate of drug-likeness (QED) is 0.353. The number of fused-ring (bicyclic) bond motifs is 3. The molecular formula is C12H18N4O8S. The first-order valence-corrected chi connectivity index (χ1v) is 9.16. The monoisotopic (exact) mass is 378 g/mol. The van der Waals surface area contributed by atoms with Crippen molar-refractivity contribution in [2.45, 2.75) is 24.6 Å². The number of hydrogen-bond donors (Lipinski definition) is 3. The van der Waals surface area contributed by atoms with Crippen LogP contribution in [0.2, 0.25) is 0 Å². The molecule has 4 aliphatic heterocycles. The van der Waals surface area contributed by atoms with Gasteiger partial charge in [-0.15, -0.1) is 4.28 Å². The summed E-state index contributed by atoms with van der Waals surface area (Å²) in [6.07, 6.45) is 0.169. The molecule has 0 saturated carbocycles. The molecule has 4 heterocycles. The normalized spacial score (nSPS) is 31.0. The van der Waals surface area contributed by atoms with Crippen LogP contribution in [0.25, 0.3) is 0 Å². The Bertz CT molecular complexity index is 691. The van der Waals surface area contributed by atoms with E-state index in [1.165, 1.54) is 4.90 Å². The third kappa shape index (κ3) is 2.86. The van der Waals surface area contributed by atoms with Crippen LogP contribution in [-0.2, 0) is 29.1 Å². The van der Waals surface area contributed by atoms with Crippen LogP contribution in [0.5, 0.6) is 0 Å². The van der Waals surface area contributed by atoms with E-state index in [1.807, 2.05) is 0 Å². The Balaban J connectivity index is 1.53. The zero-order valence-corrected chi connectivity index (χ0v) is 13.9. The fourth-order valence-electron chi connectivity index (χ4n) is 3.58. The number of piperidine rings is 1. The second-order valence-corrected chi connectivity index (χ2v) is 7.72. The van der Waals surface area contributed by atoms with Gasteiger partial charge in [-0.2, -0.15) is 13.5 Å². The molecule has 4 aliphatic rings. The summed E-state index contributed by atoms with van der Waals surface area (Å²) in [6.45, 7) is 1.89. The first-order valence-electron chi connectivity index (χ1n) is 7.80. The Morgan fingerprint density at radius 3 is 2.64 bits per heavy atom. The molecule has 4 rings (SSSR count). The maximum absolute atomic E-state index is 12.5. The number of rotatable bonds is 5. The second kappa shape index (κ2) is 5.75. The Morgan fingerprint density at radius 1 is 1.40 bits per heavy atom. The van der Waals surface area contributed by atoms with E-state index in [0.29, 0.717) is 18.2 Å². The highest BCUT2D eigenvalue weighted by Crippen LogP contribution is 2.47. The van der Waals surface area contributed by atoms with Crippen LogP contribution in [0.15, 0.2) is 0 Å². The topological polar surface area (TPSA) is 147 Å². The largest absolute Gasteiger partial charge is 0.418 e. The lowest BCUT2D eigenvalue weighted by molar-refractivity contribution is -0.194. The SMILES string of the molecule is O=C(NOC1CNC1)C1CC2(COC2)C2CN1C(=O)N2OS(=O)(=O)O. The van der Waals surface area contributed by atoms with Gasteiger partial charge < -0.3 is 15.0 Å². The highest BCUT2D eigenvalue weighted by atomic mass is 32.3. The van der Waals surface area contributed by atoms with Crippen LogP contribution in [0.4, 0.5) is 4.79 Å². The fourth-order valence-corrected chi connectivity index (χ4v) is 3.95. The molecule has 140 valence electrons. The van der Waals surface area contributed by atoms with Crippen LogP contribution in [0.3, 0.4) is 0 Å². The molecule has 3 amide bonds. The van der Waals surface area contributed by atoms with Gasteiger partial charge in [-0.25, -0.2) is 10.3 Å². The van der Waals surface area contributed by atoms with Crippen LogP contribution in [0.1, 0.15) is 6.42 Å². The lowest BCUT2D eigenvalue weighted by atomic mass is 9.71. The summed E-state index contributed by atoms with van der Waals surface area (Å²) < 4.78 is 40.7. The number of carbonyl (C=O) groups excluding carboxylic acids is 2. The molecule has 13 heteroatoms. The lowest BCUT2D eigenvalue weighted by Gasteiger charge is -2.50. The molecular weight excluding hydrogens is 360 g/mol. The van der Waals surface area contributed by atoms with Gasteiger partial charge in [0.15, 0.2) is 0 Å². The van der Waals surface area contributed by atoms with Crippen molar-refractivity contribution in [2.75, 3.05) is 32.8 Å². The van der Waals surface area contributed by atoms with E-state index in [4.69, 9.17) is 14.1 Å². The molecule has 2 bridgehead atoms. The number of urea groups is 1. The predicted molar refractivity (Wildman–Crippen MR) is 77.9 cm³/mol. The fraction of sp³-hybridized carbons (Fsp3) is 0.833. The number of ether oxygens (including phenoxy) is 1. The third-order valence-corrected chi connectivity index (χ3v) is 5.45. The Labute approximate surface area is 143 Å². The zero-order valence-electron chi connectivity index (χ0n) is 13.1. The van der Waals surface area contributed by atoms with Gasteiger partial charge in [-0.3, -0.25) is 14.2 Å². The summed E-state index contributed by atoms with van der Waals surface area (Å²) in [7, 11) is -4.86. The summed E-state index contributed by atoms with van der Waals surface area (Å²) in [6, 6.07) is -2.26. The molecule has 4 saturated heterocycles. The molecule has 1 spiro atoms. The third-order valence-electron chi connectivity index (χ3n) is 5.10. The number of hydrogen-bond acceptors (Lipinski definition) is 8. The van der Waals surface area contributed by atoms with Crippen LogP contribution in [0, 0.1) is 5.41 Å². The average Bonchev–Trinajstić information content (AvgIpc) is 2.70. The average molecular weight is 378 g/mol. The summed E-state index contributed by atoms with van der Waals surface area (Å²) in [5, 5.41) is 3.62. The van der Waals surface area contributed by atoms with Crippen LogP contribution in [-0.4, -0.2) is 85.9 Å². The Hall–Kier alpha value is -1.51. The van der Waals surface area contributed by atoms with Crippen molar-refractivity contribution >= 4 is 22.3 Å². The predicted octanol–water partition coefficient (Wildman–Crippen LogP) is -2.36. The molecule has 3 N–H and O–H groups in total. The number of amides is 3. The van der Waals surface area contributed by atoms with Gasteiger partial charge >= 0.3 is 16.4 Å². The van der Waals surface area contributed by atoms with Gasteiger partial charge in [-0.05, 0) is 6.42 Å². The maximum Gasteiger partial charge on any atom is 0.418 e. The van der Waals surface area contributed by atoms with E-state index in [2.05, 4.69) is 15.1 Å². The van der Waals surface area contributed by atoms with Crippen molar-refractivity contribution in [3.05, 3.63) is 0 Å². The van der Waals surface area contributed by atoms with Gasteiger partial charge in [0.05, 0.1) is 19.3 Å². The summed E-state index contributed by atoms with van der Waals surface area (Å²) >= 11 is 0. The van der Waals surface area contributed by atoms with Gasteiger partial charge in [-0.1, -0.05) is 0 Å². The van der Waals surface area contributed by atoms with Crippen LogP contribution < -0.4 is 10.8 Å². The van der Waals surface area contributed by atoms with Crippen molar-refractivity contribution in [2.24, 2.45) is 5.41 Å². The van der Waals surface area contributed by atoms with Gasteiger partial charge in [0.2, 0.25) is 0 Å². The Morgan fingerprint density at radius 2 is 2.12 bits per heavy atom. The first kappa shape index (κ1) is 16.9. The smallest absolute Gasteiger partial charge is 0.380 e. The molecule has 25 heavy (non-hydrogen) atoms. The number of carbonyl (C=O) groups is 2. The van der Waals surface area contributed by atoms with E-state index < -0.39 is 39.8 Å². The summed E-state index contributed by atoms with van der Waals surface area (Å²) in [5.74, 6) is -0.487. The maximum atomic E-state index is 12.5. The summed E-state index contributed by atoms with van der Waals surface area (Å²) in [4.78, 5) is 31.4. The minimum absolute atomic E-state index is 0.0980. The molecule has 0 aromatic carbocycles. The highest BCUT2D eigenvalue weighted by molar-refractivity contribution is 7.80. The molecule has 0 aliphatic carbocycles. The van der Waals surface area contributed by atoms with E-state index in [9.17, 15) is 18.0 Å². The van der Waals surface area contributed by atoms with Crippen molar-refractivity contribution < 1.29 is 36.4 Å². The minimum atomic E-state index is -4.86. The Kier molecular flexibility index (Phi) is 3.90. The van der Waals surface area contributed by atoms with Crippen molar-refractivity contribution in [3.8, 4) is 0 Å². The van der Waals surface area contributed by atoms with Crippen molar-refractivity contribution in [1.82, 2.24) is 20.8 Å². The number of nitrogens with zero attached hydrogens (tertiary/aromatic N) is 2.